The van der Waals surface area contributed by atoms with E-state index in [4.69, 9.17) is 14.7 Å². The van der Waals surface area contributed by atoms with Crippen LogP contribution in [-0.2, 0) is 17.8 Å². The summed E-state index contributed by atoms with van der Waals surface area (Å²) in [6.45, 7) is 8.13. The highest BCUT2D eigenvalue weighted by Crippen LogP contribution is 2.30. The first-order valence-corrected chi connectivity index (χ1v) is 23.8. The van der Waals surface area contributed by atoms with Crippen molar-refractivity contribution in [1.29, 1.82) is 0 Å². The Morgan fingerprint density at radius 1 is 0.609 bits per heavy atom. The highest BCUT2D eigenvalue weighted by molar-refractivity contribution is 5.80. The predicted octanol–water partition coefficient (Wildman–Crippen LogP) is 9.65. The van der Waals surface area contributed by atoms with Gasteiger partial charge in [0.25, 0.3) is 0 Å². The topological polar surface area (TPSA) is 178 Å². The number of fused-ring (bicyclic) bond motifs is 4. The Kier molecular flexibility index (Phi) is 11.8. The van der Waals surface area contributed by atoms with Crippen molar-refractivity contribution in [1.82, 2.24) is 74.4 Å². The van der Waals surface area contributed by atoms with Crippen LogP contribution in [0.1, 0.15) is 88.9 Å². The fourth-order valence-electron chi connectivity index (χ4n) is 9.36. The van der Waals surface area contributed by atoms with Crippen molar-refractivity contribution in [3.05, 3.63) is 133 Å². The van der Waals surface area contributed by atoms with Crippen LogP contribution in [0.3, 0.4) is 0 Å². The van der Waals surface area contributed by atoms with Crippen LogP contribution in [0, 0.1) is 0 Å². The molecule has 0 unspecified atom stereocenters. The average Bonchev–Trinajstić information content (AvgIpc) is 4.22. The minimum Gasteiger partial charge on any atom is -0.444 e. The van der Waals surface area contributed by atoms with E-state index in [1.54, 1.807) is 11.1 Å². The summed E-state index contributed by atoms with van der Waals surface area (Å²) in [5.74, 6) is 0. The third kappa shape index (κ3) is 9.62. The number of likely N-dealkylation sites (tertiary alicyclic amines) is 1. The van der Waals surface area contributed by atoms with E-state index >= 15 is 0 Å². The molecule has 0 bridgehead atoms. The first kappa shape index (κ1) is 43.6. The van der Waals surface area contributed by atoms with Gasteiger partial charge in [0.1, 0.15) is 16.6 Å². The van der Waals surface area contributed by atoms with E-state index < -0.39 is 5.60 Å². The fourth-order valence-corrected chi connectivity index (χ4v) is 9.36. The third-order valence-electron chi connectivity index (χ3n) is 13.0. The zero-order valence-corrected chi connectivity index (χ0v) is 39.0. The van der Waals surface area contributed by atoms with Crippen molar-refractivity contribution in [3.8, 4) is 22.5 Å². The highest BCUT2D eigenvalue weighted by Gasteiger charge is 2.28. The van der Waals surface area contributed by atoms with Gasteiger partial charge in [0, 0.05) is 59.8 Å². The molecule has 2 aliphatic rings. The van der Waals surface area contributed by atoms with E-state index in [0.717, 1.165) is 90.6 Å². The summed E-state index contributed by atoms with van der Waals surface area (Å²) < 4.78 is 13.3. The second-order valence-electron chi connectivity index (χ2n) is 19.0. The summed E-state index contributed by atoms with van der Waals surface area (Å²) in [5.41, 5.74) is 10.5. The van der Waals surface area contributed by atoms with Crippen molar-refractivity contribution in [2.75, 3.05) is 13.1 Å². The zero-order chi connectivity index (χ0) is 46.9. The number of carbonyl (C=O) groups excluding carboxylic acids is 1. The number of carbonyl (C=O) groups is 1. The lowest BCUT2D eigenvalue weighted by Gasteiger charge is -2.33. The van der Waals surface area contributed by atoms with Crippen LogP contribution in [0.5, 0.6) is 0 Å². The number of benzene rings is 2. The van der Waals surface area contributed by atoms with Crippen LogP contribution in [-0.4, -0.2) is 99.2 Å². The maximum absolute atomic E-state index is 12.4. The lowest BCUT2D eigenvalue weighted by atomic mass is 9.96. The number of aromatic nitrogens is 14. The summed E-state index contributed by atoms with van der Waals surface area (Å²) in [6, 6.07) is 29.1. The molecule has 0 atom stereocenters. The monoisotopic (exact) mass is 919 g/mol. The van der Waals surface area contributed by atoms with Gasteiger partial charge in [0.05, 0.1) is 60.0 Å². The quantitative estimate of drug-likeness (QED) is 0.141. The lowest BCUT2D eigenvalue weighted by Crippen LogP contribution is -2.42. The van der Waals surface area contributed by atoms with Gasteiger partial charge in [-0.05, 0) is 118 Å². The molecule has 0 N–H and O–H groups in total. The van der Waals surface area contributed by atoms with Gasteiger partial charge in [-0.25, -0.2) is 24.1 Å². The summed E-state index contributed by atoms with van der Waals surface area (Å²) in [5, 5.41) is 28.8. The van der Waals surface area contributed by atoms with E-state index in [2.05, 4.69) is 88.1 Å². The molecule has 348 valence electrons. The van der Waals surface area contributed by atoms with Gasteiger partial charge in [-0.3, -0.25) is 19.3 Å². The summed E-state index contributed by atoms with van der Waals surface area (Å²) >= 11 is 0. The molecule has 9 heterocycles. The number of amides is 1. The highest BCUT2D eigenvalue weighted by atomic mass is 16.6. The van der Waals surface area contributed by atoms with Crippen LogP contribution in [0.25, 0.3) is 66.6 Å². The average molecular weight is 920 g/mol. The number of piperidine rings is 1. The Morgan fingerprint density at radius 3 is 1.61 bits per heavy atom. The van der Waals surface area contributed by atoms with Crippen LogP contribution in [0.15, 0.2) is 122 Å². The maximum atomic E-state index is 12.4. The van der Waals surface area contributed by atoms with Crippen molar-refractivity contribution in [2.45, 2.75) is 96.5 Å². The van der Waals surface area contributed by atoms with Crippen LogP contribution in [0.2, 0.25) is 0 Å². The van der Waals surface area contributed by atoms with Crippen molar-refractivity contribution >= 4 is 50.2 Å². The van der Waals surface area contributed by atoms with Crippen LogP contribution in [0.4, 0.5) is 4.79 Å². The van der Waals surface area contributed by atoms with Gasteiger partial charge >= 0.3 is 6.09 Å². The molecule has 17 heteroatoms. The third-order valence-corrected chi connectivity index (χ3v) is 13.0. The van der Waals surface area contributed by atoms with Crippen molar-refractivity contribution in [2.24, 2.45) is 0 Å². The normalized spacial score (nSPS) is 15.0. The largest absolute Gasteiger partial charge is 0.444 e. The SMILES string of the molecule is CC(C)(C)OC(=O)N1CCC(n2cc(-c3ccc4nnn(Cc5ccc6ncccc6c5)c4n3)cn2)CC1.c1cnc2ccc(Cn3nnc4ccc(-c5cnn(C6CCCCC6)c5)nc43)cc2c1. The van der Waals surface area contributed by atoms with Crippen molar-refractivity contribution < 1.29 is 9.53 Å². The Labute approximate surface area is 398 Å². The maximum Gasteiger partial charge on any atom is 0.410 e. The summed E-state index contributed by atoms with van der Waals surface area (Å²) in [6.07, 6.45) is 19.3. The Morgan fingerprint density at radius 2 is 1.10 bits per heavy atom. The molecule has 8 aromatic heterocycles. The second-order valence-corrected chi connectivity index (χ2v) is 19.0. The van der Waals surface area contributed by atoms with E-state index in [-0.39, 0.29) is 12.1 Å². The molecule has 1 saturated heterocycles. The van der Waals surface area contributed by atoms with Gasteiger partial charge in [-0.1, -0.05) is 54.0 Å². The van der Waals surface area contributed by atoms with Gasteiger partial charge in [0.2, 0.25) is 0 Å². The standard InChI is InChI=1S/C28H30N8O2.C24H23N7/c1-28(2,3)38-27(37)34-13-10-22(11-14-34)35-18-21(16-30-35)24-8-9-25-26(31-24)36(33-32-25)17-19-6-7-23-20(15-19)5-4-12-29-23;1-2-6-20(7-3-1)30-16-19(14-26-30)22-10-11-23-24(27-22)31(29-28-23)15-17-8-9-21-18(13-17)5-4-12-25-21/h4-9,12,15-16,18,22H,10-11,13-14,17H2,1-3H3;4-5,8-14,16,20H,1-3,6-7,15H2. The molecule has 1 aliphatic heterocycles. The molecule has 69 heavy (non-hydrogen) atoms. The minimum atomic E-state index is -0.489. The molecular formula is C52H53N15O2. The van der Waals surface area contributed by atoms with E-state index in [0.29, 0.717) is 32.2 Å². The number of nitrogens with zero attached hydrogens (tertiary/aromatic N) is 15. The molecule has 2 fully saturated rings. The summed E-state index contributed by atoms with van der Waals surface area (Å²) in [7, 11) is 0. The first-order chi connectivity index (χ1) is 33.7. The first-order valence-electron chi connectivity index (χ1n) is 23.8. The molecular weight excluding hydrogens is 867 g/mol. The van der Waals surface area contributed by atoms with Gasteiger partial charge < -0.3 is 9.64 Å². The van der Waals surface area contributed by atoms with E-state index in [1.165, 1.54) is 32.1 Å². The van der Waals surface area contributed by atoms with Gasteiger partial charge in [-0.2, -0.15) is 10.2 Å². The molecule has 12 rings (SSSR count). The van der Waals surface area contributed by atoms with Gasteiger partial charge in [-0.15, -0.1) is 10.2 Å². The number of hydrogen-bond donors (Lipinski definition) is 0. The Bertz CT molecular complexity index is 3420. The zero-order valence-electron chi connectivity index (χ0n) is 39.0. The smallest absolute Gasteiger partial charge is 0.410 e. The molecule has 10 aromatic rings. The molecule has 17 nitrogen and oxygen atoms in total. The molecule has 1 saturated carbocycles. The summed E-state index contributed by atoms with van der Waals surface area (Å²) in [4.78, 5) is 32.7. The number of ether oxygens (including phenoxy) is 1. The van der Waals surface area contributed by atoms with Crippen LogP contribution < -0.4 is 0 Å². The van der Waals surface area contributed by atoms with Crippen LogP contribution >= 0.6 is 0 Å². The lowest BCUT2D eigenvalue weighted by molar-refractivity contribution is 0.0184. The molecule has 1 amide bonds. The fraction of sp³-hybridized carbons (Fsp3) is 0.327. The Hall–Kier alpha value is -7.95. The number of hydrogen-bond acceptors (Lipinski definition) is 12. The molecule has 1 aliphatic carbocycles. The van der Waals surface area contributed by atoms with E-state index in [1.807, 2.05) is 108 Å². The number of pyridine rings is 4. The van der Waals surface area contributed by atoms with E-state index in [9.17, 15) is 4.79 Å². The molecule has 2 aromatic carbocycles. The predicted molar refractivity (Wildman–Crippen MR) is 263 cm³/mol. The Balaban J connectivity index is 0.000000154. The molecule has 0 spiro atoms. The second kappa shape index (κ2) is 18.6. The van der Waals surface area contributed by atoms with Crippen molar-refractivity contribution in [3.63, 3.8) is 0 Å². The van der Waals surface area contributed by atoms with Gasteiger partial charge in [0.15, 0.2) is 11.3 Å². The minimum absolute atomic E-state index is 0.223. The number of rotatable bonds is 8. The molecule has 0 radical (unpaired) electrons.